The molecule has 4 rings (SSSR count). The van der Waals surface area contributed by atoms with Crippen molar-refractivity contribution in [3.05, 3.63) is 65.7 Å². The van der Waals surface area contributed by atoms with Gasteiger partial charge in [0.1, 0.15) is 28.5 Å². The van der Waals surface area contributed by atoms with Crippen LogP contribution >= 0.6 is 0 Å². The van der Waals surface area contributed by atoms with Gasteiger partial charge in [-0.3, -0.25) is 14.3 Å². The van der Waals surface area contributed by atoms with E-state index >= 15 is 0 Å². The molecule has 0 unspecified atom stereocenters. The van der Waals surface area contributed by atoms with Crippen molar-refractivity contribution in [1.82, 2.24) is 24.7 Å². The zero-order valence-corrected chi connectivity index (χ0v) is 19.1. The van der Waals surface area contributed by atoms with E-state index in [0.29, 0.717) is 5.57 Å². The van der Waals surface area contributed by atoms with Crippen molar-refractivity contribution < 1.29 is 27.8 Å². The number of hydrogen-bond donors (Lipinski definition) is 3. The number of benzene rings is 1. The first-order chi connectivity index (χ1) is 16.7. The summed E-state index contributed by atoms with van der Waals surface area (Å²) in [4.78, 5) is 11.2. The van der Waals surface area contributed by atoms with Crippen LogP contribution in [0.3, 0.4) is 0 Å². The molecule has 0 spiro atoms. The van der Waals surface area contributed by atoms with Crippen LogP contribution in [0.4, 0.5) is 10.3 Å². The third-order valence-corrected chi connectivity index (χ3v) is 6.65. The number of anilines is 1. The summed E-state index contributed by atoms with van der Waals surface area (Å²) in [6, 6.07) is 4.46. The molecule has 0 saturated heterocycles. The maximum Gasteiger partial charge on any atom is 0.243 e. The lowest BCUT2D eigenvalue weighted by molar-refractivity contribution is 0.166. The number of aliphatic imine (C=N–C) groups is 1. The number of phenols is 1. The number of hydrogen-bond acceptors (Lipinski definition) is 10. The number of para-hydroxylation sites is 1. The predicted octanol–water partition coefficient (Wildman–Crippen LogP) is 1.51. The normalized spacial score (nSPS) is 14.5. The number of methoxy groups -OCH3 is 1. The average molecular weight is 499 g/mol. The van der Waals surface area contributed by atoms with Crippen molar-refractivity contribution >= 4 is 27.8 Å². The van der Waals surface area contributed by atoms with E-state index in [1.165, 1.54) is 43.1 Å². The van der Waals surface area contributed by atoms with Crippen LogP contribution in [-0.2, 0) is 10.0 Å². The molecule has 0 amide bonds. The molecular formula is C21H18FN7O5S. The molecule has 0 radical (unpaired) electrons. The summed E-state index contributed by atoms with van der Waals surface area (Å²) < 4.78 is 48.2. The van der Waals surface area contributed by atoms with Gasteiger partial charge in [0.2, 0.25) is 16.0 Å². The molecule has 1 aliphatic rings. The Bertz CT molecular complexity index is 1510. The molecule has 35 heavy (non-hydrogen) atoms. The Labute approximate surface area is 198 Å². The van der Waals surface area contributed by atoms with Crippen LogP contribution in [0.15, 0.2) is 53.2 Å². The molecule has 0 saturated carbocycles. The van der Waals surface area contributed by atoms with E-state index in [1.807, 2.05) is 0 Å². The van der Waals surface area contributed by atoms with Gasteiger partial charge in [-0.15, -0.1) is 10.2 Å². The second-order valence-electron chi connectivity index (χ2n) is 7.16. The Morgan fingerprint density at radius 2 is 1.97 bits per heavy atom. The third kappa shape index (κ3) is 4.67. The lowest BCUT2D eigenvalue weighted by atomic mass is 10.2. The standard InChI is InChI=1S/C21H18FN7O5S/c1-12(18(31)19-24-10-14(22)11-25-19)35(32,33)28-21-27-26-20(13-5-4-8-23-9-13)29(21)17-15(30)6-3-7-16(17)34-2/h3,6-12,18,30-31H,1-2H3,(H,27,28)/t12-,18-/m0/s1. The Morgan fingerprint density at radius 3 is 2.63 bits per heavy atom. The van der Waals surface area contributed by atoms with Crippen LogP contribution in [-0.4, -0.2) is 61.9 Å². The minimum atomic E-state index is -4.36. The highest BCUT2D eigenvalue weighted by Crippen LogP contribution is 2.36. The highest BCUT2D eigenvalue weighted by atomic mass is 32.2. The van der Waals surface area contributed by atoms with Gasteiger partial charge < -0.3 is 14.9 Å². The Morgan fingerprint density at radius 1 is 1.23 bits per heavy atom. The summed E-state index contributed by atoms with van der Waals surface area (Å²) >= 11 is 0. The van der Waals surface area contributed by atoms with E-state index in [0.717, 1.165) is 12.4 Å². The largest absolute Gasteiger partial charge is 0.506 e. The highest BCUT2D eigenvalue weighted by Gasteiger charge is 2.33. The van der Waals surface area contributed by atoms with Crippen molar-refractivity contribution in [3.8, 4) is 17.2 Å². The quantitative estimate of drug-likeness (QED) is 0.390. The molecule has 3 aromatic rings. The number of aliphatic hydroxyl groups is 1. The monoisotopic (exact) mass is 499 g/mol. The van der Waals surface area contributed by atoms with Crippen LogP contribution in [0, 0.1) is 5.82 Å². The summed E-state index contributed by atoms with van der Waals surface area (Å²) in [6.07, 6.45) is 2.71. The van der Waals surface area contributed by atoms with Gasteiger partial charge in [0, 0.05) is 6.21 Å². The first-order valence-electron chi connectivity index (χ1n) is 9.95. The highest BCUT2D eigenvalue weighted by molar-refractivity contribution is 7.93. The van der Waals surface area contributed by atoms with Crippen LogP contribution in [0.5, 0.6) is 11.5 Å². The van der Waals surface area contributed by atoms with E-state index in [4.69, 9.17) is 4.74 Å². The maximum atomic E-state index is 13.1. The molecule has 12 nitrogen and oxygen atoms in total. The fourth-order valence-electron chi connectivity index (χ4n) is 3.12. The second-order valence-corrected chi connectivity index (χ2v) is 9.20. The van der Waals surface area contributed by atoms with E-state index in [1.54, 1.807) is 6.07 Å². The number of sulfonamides is 1. The second kappa shape index (κ2) is 9.49. The number of aromatic nitrogens is 5. The number of rotatable bonds is 8. The summed E-state index contributed by atoms with van der Waals surface area (Å²) in [7, 11) is -2.98. The molecule has 3 heterocycles. The van der Waals surface area contributed by atoms with Gasteiger partial charge in [-0.05, 0) is 24.8 Å². The zero-order valence-electron chi connectivity index (χ0n) is 18.3. The Kier molecular flexibility index (Phi) is 6.45. The van der Waals surface area contributed by atoms with Crippen molar-refractivity contribution in [2.45, 2.75) is 18.3 Å². The van der Waals surface area contributed by atoms with Gasteiger partial charge in [0.25, 0.3) is 0 Å². The number of aliphatic hydroxyl groups excluding tert-OH is 1. The smallest absolute Gasteiger partial charge is 0.243 e. The van der Waals surface area contributed by atoms with Crippen molar-refractivity contribution in [2.75, 3.05) is 11.8 Å². The van der Waals surface area contributed by atoms with Crippen molar-refractivity contribution in [1.29, 1.82) is 0 Å². The Balaban J connectivity index is 1.80. The summed E-state index contributed by atoms with van der Waals surface area (Å²) in [5, 5.41) is 27.6. The fraction of sp³-hybridized carbons (Fsp3) is 0.190. The molecule has 0 bridgehead atoms. The third-order valence-electron chi connectivity index (χ3n) is 4.95. The number of ether oxygens (including phenoxy) is 1. The number of allylic oxidation sites excluding steroid dienone is 1. The van der Waals surface area contributed by atoms with Crippen molar-refractivity contribution in [3.63, 3.8) is 0 Å². The van der Waals surface area contributed by atoms with Gasteiger partial charge in [-0.2, -0.15) is 0 Å². The van der Waals surface area contributed by atoms with E-state index < -0.39 is 27.2 Å². The summed E-state index contributed by atoms with van der Waals surface area (Å²) in [5.74, 6) is -1.35. The molecule has 0 aliphatic carbocycles. The fourth-order valence-corrected chi connectivity index (χ4v) is 4.15. The predicted molar refractivity (Wildman–Crippen MR) is 122 cm³/mol. The van der Waals surface area contributed by atoms with Gasteiger partial charge >= 0.3 is 0 Å². The van der Waals surface area contributed by atoms with Crippen LogP contribution < -0.4 is 9.46 Å². The van der Waals surface area contributed by atoms with E-state index in [2.05, 4.69) is 41.3 Å². The van der Waals surface area contributed by atoms with Crippen molar-refractivity contribution in [2.24, 2.45) is 4.99 Å². The van der Waals surface area contributed by atoms with Gasteiger partial charge in [0.15, 0.2) is 17.5 Å². The minimum Gasteiger partial charge on any atom is -0.506 e. The lowest BCUT2D eigenvalue weighted by Crippen LogP contribution is -2.32. The van der Waals surface area contributed by atoms with Crippen LogP contribution in [0.1, 0.15) is 24.7 Å². The number of nitrogens with zero attached hydrogens (tertiary/aromatic N) is 6. The molecule has 14 heteroatoms. The minimum absolute atomic E-state index is 0.0417. The van der Waals surface area contributed by atoms with Crippen LogP contribution in [0.25, 0.3) is 11.3 Å². The maximum absolute atomic E-state index is 13.1. The molecule has 2 atom stereocenters. The zero-order chi connectivity index (χ0) is 25.2. The first-order valence-corrected chi connectivity index (χ1v) is 11.5. The van der Waals surface area contributed by atoms with Crippen LogP contribution in [0.2, 0.25) is 0 Å². The van der Waals surface area contributed by atoms with Gasteiger partial charge in [0.05, 0.1) is 31.3 Å². The van der Waals surface area contributed by atoms with Gasteiger partial charge in [-0.1, -0.05) is 11.8 Å². The molecular weight excluding hydrogens is 481 g/mol. The molecule has 1 aromatic carbocycles. The van der Waals surface area contributed by atoms with Gasteiger partial charge in [-0.25, -0.2) is 22.8 Å². The summed E-state index contributed by atoms with van der Waals surface area (Å²) in [5.41, 5.74) is 5.80. The summed E-state index contributed by atoms with van der Waals surface area (Å²) in [6.45, 7) is 1.21. The topological polar surface area (TPSA) is 165 Å². The molecule has 2 aromatic heterocycles. The number of aromatic hydroxyl groups is 1. The number of phenolic OH excluding ortho intramolecular Hbond substituents is 1. The van der Waals surface area contributed by atoms with E-state index in [9.17, 15) is 23.0 Å². The lowest BCUT2D eigenvalue weighted by Gasteiger charge is -2.20. The molecule has 0 fully saturated rings. The number of halogens is 1. The first kappa shape index (κ1) is 23.8. The molecule has 180 valence electrons. The Hall–Kier alpha value is -4.35. The van der Waals surface area contributed by atoms with E-state index in [-0.39, 0.29) is 34.8 Å². The SMILES string of the molecule is COc1cccc(O)c1-n1c(NS(=O)(=O)[C@@H](C)[C@H](O)c2ncc(F)cn2)nnc1C1=C=C=CN=C1. The molecule has 3 N–H and O–H groups in total. The molecule has 1 aliphatic heterocycles. The number of nitrogens with one attached hydrogen (secondary N) is 1. The average Bonchev–Trinajstić information content (AvgIpc) is 3.26.